The monoisotopic (exact) mass is 870 g/mol. The molecule has 0 saturated heterocycles. The van der Waals surface area contributed by atoms with E-state index in [4.69, 9.17) is 18.3 Å². The Bertz CT molecular complexity index is 3520. The van der Waals surface area contributed by atoms with E-state index in [1.54, 1.807) is 0 Å². The number of hydrogen-bond acceptors (Lipinski definition) is 6. The van der Waals surface area contributed by atoms with Crippen LogP contribution in [0.25, 0.3) is 55.7 Å². The Balaban J connectivity index is 1.08. The zero-order valence-corrected chi connectivity index (χ0v) is 38.0. The molecule has 0 bridgehead atoms. The van der Waals surface area contributed by atoms with Crippen LogP contribution in [0.5, 0.6) is 11.5 Å². The molecule has 0 atom stereocenters. The number of anilines is 6. The fourth-order valence-electron chi connectivity index (χ4n) is 10.6. The highest BCUT2D eigenvalue weighted by Gasteiger charge is 2.45. The molecular weight excluding hydrogens is 823 g/mol. The van der Waals surface area contributed by atoms with Crippen molar-refractivity contribution in [2.75, 3.05) is 23.0 Å². The van der Waals surface area contributed by atoms with E-state index in [9.17, 15) is 0 Å². The van der Waals surface area contributed by atoms with Crippen LogP contribution in [0.4, 0.5) is 34.1 Å². The van der Waals surface area contributed by atoms with E-state index in [-0.39, 0.29) is 12.1 Å². The third-order valence-electron chi connectivity index (χ3n) is 13.8. The lowest BCUT2D eigenvalue weighted by Crippen LogP contribution is -2.61. The minimum Gasteiger partial charge on any atom is -0.490 e. The molecule has 13 rings (SSSR count). The highest BCUT2D eigenvalue weighted by atomic mass is 16.5. The first-order valence-corrected chi connectivity index (χ1v) is 23.3. The maximum absolute atomic E-state index is 6.58. The Kier molecular flexibility index (Phi) is 8.88. The van der Waals surface area contributed by atoms with Crippen LogP contribution in [0.2, 0.25) is 0 Å². The predicted molar refractivity (Wildman–Crippen MR) is 275 cm³/mol. The first kappa shape index (κ1) is 39.5. The van der Waals surface area contributed by atoms with Crippen LogP contribution in [-0.2, 0) is 5.41 Å². The number of ether oxygens (including phenoxy) is 2. The highest BCUT2D eigenvalue weighted by Crippen LogP contribution is 2.50. The highest BCUT2D eigenvalue weighted by molar-refractivity contribution is 7.00. The van der Waals surface area contributed by atoms with E-state index in [0.717, 1.165) is 113 Å². The molecule has 0 radical (unpaired) electrons. The number of fused-ring (bicyclic) bond motifs is 7. The van der Waals surface area contributed by atoms with Gasteiger partial charge in [0.25, 0.3) is 6.71 Å². The van der Waals surface area contributed by atoms with Crippen LogP contribution in [0.3, 0.4) is 0 Å². The molecular formula is C60H47BN2O4. The Morgan fingerprint density at radius 3 is 1.76 bits per heavy atom. The van der Waals surface area contributed by atoms with Gasteiger partial charge in [-0.1, -0.05) is 99.6 Å². The molecule has 0 unspecified atom stereocenters. The number of benzene rings is 8. The van der Waals surface area contributed by atoms with Crippen molar-refractivity contribution in [3.05, 3.63) is 187 Å². The van der Waals surface area contributed by atoms with Gasteiger partial charge in [0.2, 0.25) is 0 Å². The molecule has 3 aliphatic heterocycles. The molecule has 10 aromatic rings. The summed E-state index contributed by atoms with van der Waals surface area (Å²) in [6.07, 6.45) is 0.816. The molecule has 0 spiro atoms. The largest absolute Gasteiger partial charge is 0.490 e. The lowest BCUT2D eigenvalue weighted by Gasteiger charge is -2.45. The molecule has 0 fully saturated rings. The minimum atomic E-state index is -0.159. The number of furan rings is 2. The quantitative estimate of drug-likeness (QED) is 0.161. The van der Waals surface area contributed by atoms with Gasteiger partial charge < -0.3 is 28.1 Å². The molecule has 3 aliphatic rings. The van der Waals surface area contributed by atoms with E-state index in [1.165, 1.54) is 22.1 Å². The van der Waals surface area contributed by atoms with Crippen LogP contribution in [0.15, 0.2) is 185 Å². The van der Waals surface area contributed by atoms with Crippen LogP contribution < -0.4 is 35.7 Å². The van der Waals surface area contributed by atoms with E-state index in [2.05, 4.69) is 183 Å². The fraction of sp³-hybridized carbons (Fsp3) is 0.133. The third-order valence-corrected chi connectivity index (χ3v) is 13.8. The smallest absolute Gasteiger partial charge is 0.252 e. The predicted octanol–water partition coefficient (Wildman–Crippen LogP) is 14.0. The molecule has 0 saturated carbocycles. The first-order chi connectivity index (χ1) is 32.7. The standard InChI is InChI=1S/C60H47BN2O4/c1-37-29-51-59-52(30-37)63(48-26-22-43(60(2,3)4)34-45(48)38-13-6-5-7-14-38)50-36-58-57(64-27-12-28-65-58)35-47(50)61(59)46-31-42(56-33-41-16-9-11-18-54(41)67-56)21-25-49(46)62(51)44-23-19-39(20-24-44)55-32-40-15-8-10-17-53(40)66-55/h5-11,13-26,29-36H,12,27-28H2,1-4H3. The molecule has 67 heavy (non-hydrogen) atoms. The van der Waals surface area contributed by atoms with Crippen molar-refractivity contribution in [2.45, 2.75) is 39.5 Å². The van der Waals surface area contributed by atoms with Crippen LogP contribution in [0, 0.1) is 6.92 Å². The summed E-state index contributed by atoms with van der Waals surface area (Å²) < 4.78 is 26.0. The molecule has 324 valence electrons. The molecule has 2 aromatic heterocycles. The summed E-state index contributed by atoms with van der Waals surface area (Å²) in [5.74, 6) is 3.23. The average Bonchev–Trinajstić information content (AvgIpc) is 3.92. The van der Waals surface area contributed by atoms with E-state index in [1.807, 2.05) is 30.3 Å². The van der Waals surface area contributed by atoms with Crippen molar-refractivity contribution in [1.82, 2.24) is 0 Å². The zero-order valence-electron chi connectivity index (χ0n) is 38.0. The van der Waals surface area contributed by atoms with Gasteiger partial charge in [0.05, 0.1) is 18.9 Å². The fourth-order valence-corrected chi connectivity index (χ4v) is 10.6. The van der Waals surface area contributed by atoms with Gasteiger partial charge in [0.1, 0.15) is 22.7 Å². The van der Waals surface area contributed by atoms with Gasteiger partial charge in [0.15, 0.2) is 11.5 Å². The van der Waals surface area contributed by atoms with Crippen molar-refractivity contribution < 1.29 is 18.3 Å². The number of aryl methyl sites for hydroxylation is 1. The van der Waals surface area contributed by atoms with E-state index in [0.29, 0.717) is 13.2 Å². The summed E-state index contributed by atoms with van der Waals surface area (Å²) in [4.78, 5) is 4.95. The number of para-hydroxylation sites is 2. The van der Waals surface area contributed by atoms with Crippen LogP contribution in [-0.4, -0.2) is 19.9 Å². The Morgan fingerprint density at radius 1 is 0.478 bits per heavy atom. The summed E-state index contributed by atoms with van der Waals surface area (Å²) in [6.45, 7) is 10.1. The van der Waals surface area contributed by atoms with E-state index >= 15 is 0 Å². The molecule has 0 aliphatic carbocycles. The normalized spacial score (nSPS) is 13.9. The van der Waals surface area contributed by atoms with Crippen molar-refractivity contribution in [3.63, 3.8) is 0 Å². The lowest BCUT2D eigenvalue weighted by molar-refractivity contribution is 0.297. The lowest BCUT2D eigenvalue weighted by atomic mass is 9.33. The van der Waals surface area contributed by atoms with Crippen molar-refractivity contribution in [2.24, 2.45) is 0 Å². The minimum absolute atomic E-state index is 0.0559. The topological polar surface area (TPSA) is 51.2 Å². The van der Waals surface area contributed by atoms with Gasteiger partial charge in [-0.15, -0.1) is 0 Å². The summed E-state index contributed by atoms with van der Waals surface area (Å²) >= 11 is 0. The third kappa shape index (κ3) is 6.47. The summed E-state index contributed by atoms with van der Waals surface area (Å²) in [6, 6.07) is 63.5. The van der Waals surface area contributed by atoms with E-state index < -0.39 is 0 Å². The molecule has 0 N–H and O–H groups in total. The van der Waals surface area contributed by atoms with Gasteiger partial charge in [-0.05, 0) is 136 Å². The summed E-state index contributed by atoms with van der Waals surface area (Å²) in [7, 11) is 0. The number of nitrogens with zero attached hydrogens (tertiary/aromatic N) is 2. The Hall–Kier alpha value is -7.90. The zero-order chi connectivity index (χ0) is 45.0. The van der Waals surface area contributed by atoms with Gasteiger partial charge in [0, 0.05) is 68.4 Å². The first-order valence-electron chi connectivity index (χ1n) is 23.3. The van der Waals surface area contributed by atoms with Gasteiger partial charge in [-0.25, -0.2) is 0 Å². The molecule has 8 aromatic carbocycles. The second-order valence-corrected chi connectivity index (χ2v) is 19.2. The van der Waals surface area contributed by atoms with Gasteiger partial charge in [-0.2, -0.15) is 0 Å². The second-order valence-electron chi connectivity index (χ2n) is 19.2. The van der Waals surface area contributed by atoms with Crippen molar-refractivity contribution >= 4 is 79.2 Å². The van der Waals surface area contributed by atoms with Gasteiger partial charge >= 0.3 is 0 Å². The Morgan fingerprint density at radius 2 is 1.07 bits per heavy atom. The Labute approximate surface area is 390 Å². The number of rotatable bonds is 5. The molecule has 5 heterocycles. The molecule has 0 amide bonds. The summed E-state index contributed by atoms with van der Waals surface area (Å²) in [5, 5.41) is 2.17. The van der Waals surface area contributed by atoms with Crippen LogP contribution >= 0.6 is 0 Å². The SMILES string of the molecule is Cc1cc2c3c(c1)N(c1ccc(C(C)(C)C)cc1-c1ccccc1)c1cc4c(cc1B3c1cc(-c3cc5ccccc5o3)ccc1N2c1ccc(-c2cc3ccccc3o2)cc1)OCCCO4. The van der Waals surface area contributed by atoms with Crippen LogP contribution in [0.1, 0.15) is 38.3 Å². The van der Waals surface area contributed by atoms with Gasteiger partial charge in [-0.3, -0.25) is 0 Å². The molecule has 7 heteroatoms. The maximum atomic E-state index is 6.58. The maximum Gasteiger partial charge on any atom is 0.252 e. The summed E-state index contributed by atoms with van der Waals surface area (Å²) in [5.41, 5.74) is 18.7. The average molecular weight is 871 g/mol. The number of hydrogen-bond donors (Lipinski definition) is 0. The second kappa shape index (κ2) is 15.1. The molecule has 6 nitrogen and oxygen atoms in total. The van der Waals surface area contributed by atoms with Crippen molar-refractivity contribution in [3.8, 4) is 45.3 Å². The van der Waals surface area contributed by atoms with Crippen molar-refractivity contribution in [1.29, 1.82) is 0 Å².